The highest BCUT2D eigenvalue weighted by Crippen LogP contribution is 2.21. The first kappa shape index (κ1) is 19.7. The summed E-state index contributed by atoms with van der Waals surface area (Å²) < 4.78 is 20.1. The molecule has 1 aliphatic heterocycles. The van der Waals surface area contributed by atoms with Crippen molar-refractivity contribution in [1.29, 1.82) is 0 Å². The van der Waals surface area contributed by atoms with E-state index in [0.29, 0.717) is 37.3 Å². The first-order valence-electron chi connectivity index (χ1n) is 9.05. The minimum absolute atomic E-state index is 0.0466. The highest BCUT2D eigenvalue weighted by atomic mass is 19.1. The van der Waals surface area contributed by atoms with Crippen molar-refractivity contribution in [2.75, 3.05) is 33.2 Å². The van der Waals surface area contributed by atoms with Gasteiger partial charge in [-0.25, -0.2) is 4.39 Å². The summed E-state index contributed by atoms with van der Waals surface area (Å²) in [6.07, 6.45) is 0. The van der Waals surface area contributed by atoms with Gasteiger partial charge in [0.25, 0.3) is 5.91 Å². The van der Waals surface area contributed by atoms with E-state index in [1.807, 2.05) is 0 Å². The Morgan fingerprint density at radius 2 is 1.75 bits per heavy atom. The second kappa shape index (κ2) is 8.75. The van der Waals surface area contributed by atoms with Gasteiger partial charge in [-0.1, -0.05) is 18.2 Å². The third kappa shape index (κ3) is 4.26. The number of carbonyl (C=O) groups is 2. The number of hydrogen-bond acceptors (Lipinski definition) is 5. The van der Waals surface area contributed by atoms with E-state index in [9.17, 15) is 14.0 Å². The van der Waals surface area contributed by atoms with Crippen LogP contribution in [0.15, 0.2) is 47.5 Å². The van der Waals surface area contributed by atoms with E-state index in [1.54, 1.807) is 36.2 Å². The zero-order chi connectivity index (χ0) is 20.1. The average molecular weight is 383 g/mol. The molecule has 0 aliphatic carbocycles. The summed E-state index contributed by atoms with van der Waals surface area (Å²) in [6.45, 7) is 3.87. The van der Waals surface area contributed by atoms with Crippen molar-refractivity contribution in [2.45, 2.75) is 6.92 Å². The van der Waals surface area contributed by atoms with Crippen LogP contribution < -0.4 is 10.1 Å². The maximum atomic E-state index is 14.3. The molecule has 0 radical (unpaired) electrons. The van der Waals surface area contributed by atoms with Crippen LogP contribution in [0.1, 0.15) is 33.2 Å². The van der Waals surface area contributed by atoms with Crippen LogP contribution in [0.5, 0.6) is 5.75 Å². The van der Waals surface area contributed by atoms with Crippen LogP contribution in [0.2, 0.25) is 0 Å². The third-order valence-corrected chi connectivity index (χ3v) is 4.53. The molecule has 7 heteroatoms. The molecule has 2 aromatic carbocycles. The minimum atomic E-state index is -0.602. The topological polar surface area (TPSA) is 71.0 Å². The lowest BCUT2D eigenvalue weighted by Crippen LogP contribution is -2.46. The largest absolute Gasteiger partial charge is 0.439 e. The molecule has 1 aliphatic rings. The zero-order valence-electron chi connectivity index (χ0n) is 15.9. The number of hydrogen-bond donors (Lipinski definition) is 1. The molecule has 1 fully saturated rings. The Morgan fingerprint density at radius 3 is 2.39 bits per heavy atom. The molecule has 1 saturated heterocycles. The predicted octanol–water partition coefficient (Wildman–Crippen LogP) is 2.53. The molecule has 1 heterocycles. The molecule has 2 aromatic rings. The average Bonchev–Trinajstić information content (AvgIpc) is 2.73. The summed E-state index contributed by atoms with van der Waals surface area (Å²) in [5.74, 6) is -0.593. The number of ketones is 1. The van der Waals surface area contributed by atoms with E-state index in [0.717, 1.165) is 0 Å². The first-order chi connectivity index (χ1) is 13.5. The van der Waals surface area contributed by atoms with Crippen molar-refractivity contribution in [3.05, 3.63) is 65.0 Å². The Kier molecular flexibility index (Phi) is 6.16. The fourth-order valence-corrected chi connectivity index (χ4v) is 3.08. The molecule has 3 rings (SSSR count). The van der Waals surface area contributed by atoms with Gasteiger partial charge in [0.15, 0.2) is 5.78 Å². The van der Waals surface area contributed by atoms with E-state index in [1.165, 1.54) is 25.1 Å². The second-order valence-electron chi connectivity index (χ2n) is 6.42. The van der Waals surface area contributed by atoms with Gasteiger partial charge in [0.05, 0.1) is 5.56 Å². The third-order valence-electron chi connectivity index (χ3n) is 4.53. The Balaban J connectivity index is 1.88. The summed E-state index contributed by atoms with van der Waals surface area (Å²) in [7, 11) is 1.54. The van der Waals surface area contributed by atoms with Crippen molar-refractivity contribution in [2.24, 2.45) is 4.99 Å². The van der Waals surface area contributed by atoms with Crippen LogP contribution in [0.4, 0.5) is 4.39 Å². The summed E-state index contributed by atoms with van der Waals surface area (Å²) in [5.41, 5.74) is 0.967. The summed E-state index contributed by atoms with van der Waals surface area (Å²) in [6, 6.07) is 11.0. The lowest BCUT2D eigenvalue weighted by atomic mass is 10.0. The van der Waals surface area contributed by atoms with E-state index in [4.69, 9.17) is 4.74 Å². The normalized spacial score (nSPS) is 14.7. The van der Waals surface area contributed by atoms with E-state index in [-0.39, 0.29) is 28.9 Å². The molecule has 0 aromatic heterocycles. The van der Waals surface area contributed by atoms with Gasteiger partial charge in [0, 0.05) is 44.4 Å². The van der Waals surface area contributed by atoms with Gasteiger partial charge in [-0.15, -0.1) is 0 Å². The molecule has 0 unspecified atom stereocenters. The van der Waals surface area contributed by atoms with Crippen molar-refractivity contribution in [3.63, 3.8) is 0 Å². The van der Waals surface area contributed by atoms with Gasteiger partial charge < -0.3 is 15.0 Å². The summed E-state index contributed by atoms with van der Waals surface area (Å²) in [5, 5.41) is 3.16. The molecule has 28 heavy (non-hydrogen) atoms. The molecule has 1 amide bonds. The van der Waals surface area contributed by atoms with E-state index < -0.39 is 5.82 Å². The number of carbonyl (C=O) groups excluding carboxylic acids is 2. The Bertz CT molecular complexity index is 921. The van der Waals surface area contributed by atoms with Crippen LogP contribution >= 0.6 is 0 Å². The fraction of sp³-hybridized carbons (Fsp3) is 0.286. The van der Waals surface area contributed by atoms with Gasteiger partial charge in [-0.3, -0.25) is 14.6 Å². The molecule has 0 saturated carbocycles. The fourth-order valence-electron chi connectivity index (χ4n) is 3.08. The lowest BCUT2D eigenvalue weighted by Gasteiger charge is -2.27. The number of ether oxygens (including phenoxy) is 1. The number of nitrogens with zero attached hydrogens (tertiary/aromatic N) is 2. The smallest absolute Gasteiger partial charge is 0.257 e. The molecular formula is C21H22FN3O3. The molecule has 6 nitrogen and oxygen atoms in total. The van der Waals surface area contributed by atoms with Gasteiger partial charge >= 0.3 is 0 Å². The monoisotopic (exact) mass is 383 g/mol. The maximum absolute atomic E-state index is 14.3. The number of rotatable bonds is 4. The molecule has 0 bridgehead atoms. The van der Waals surface area contributed by atoms with Crippen LogP contribution in [-0.2, 0) is 0 Å². The molecule has 0 spiro atoms. The Morgan fingerprint density at radius 1 is 1.07 bits per heavy atom. The van der Waals surface area contributed by atoms with Gasteiger partial charge in [0.1, 0.15) is 11.6 Å². The lowest BCUT2D eigenvalue weighted by molar-refractivity contribution is 0.0730. The number of nitrogens with one attached hydrogen (secondary N) is 1. The van der Waals surface area contributed by atoms with Crippen LogP contribution in [0, 0.1) is 5.82 Å². The predicted molar refractivity (Wildman–Crippen MR) is 105 cm³/mol. The van der Waals surface area contributed by atoms with Crippen LogP contribution in [0.3, 0.4) is 0 Å². The quantitative estimate of drug-likeness (QED) is 0.500. The molecular weight excluding hydrogens is 361 g/mol. The highest BCUT2D eigenvalue weighted by molar-refractivity contribution is 6.07. The summed E-state index contributed by atoms with van der Waals surface area (Å²) >= 11 is 0. The molecule has 1 N–H and O–H groups in total. The number of piperazine rings is 1. The Labute approximate surface area is 163 Å². The second-order valence-corrected chi connectivity index (χ2v) is 6.42. The summed E-state index contributed by atoms with van der Waals surface area (Å²) in [4.78, 5) is 30.3. The van der Waals surface area contributed by atoms with E-state index >= 15 is 0 Å². The number of Topliss-reactive ketones (excluding diaryl/α,β-unsaturated/α-hetero) is 1. The number of amides is 1. The SMILES string of the molecule is CN=C(Oc1ccc(F)c(C(=O)N2CCNCC2)c1)c1ccccc1C(C)=O. The van der Waals surface area contributed by atoms with Crippen molar-refractivity contribution < 1.29 is 18.7 Å². The number of halogens is 1. The number of benzene rings is 2. The molecule has 0 atom stereocenters. The van der Waals surface area contributed by atoms with Gasteiger partial charge in [-0.2, -0.15) is 0 Å². The van der Waals surface area contributed by atoms with Crippen LogP contribution in [-0.4, -0.2) is 55.7 Å². The number of aliphatic imine (C=N–C) groups is 1. The van der Waals surface area contributed by atoms with Crippen molar-refractivity contribution >= 4 is 17.6 Å². The zero-order valence-corrected chi connectivity index (χ0v) is 15.9. The van der Waals surface area contributed by atoms with Gasteiger partial charge in [0.2, 0.25) is 5.90 Å². The van der Waals surface area contributed by atoms with Crippen molar-refractivity contribution in [3.8, 4) is 5.75 Å². The highest BCUT2D eigenvalue weighted by Gasteiger charge is 2.22. The molecule has 146 valence electrons. The van der Waals surface area contributed by atoms with Gasteiger partial charge in [-0.05, 0) is 31.2 Å². The van der Waals surface area contributed by atoms with Crippen molar-refractivity contribution in [1.82, 2.24) is 10.2 Å². The standard InChI is InChI=1S/C21H22FN3O3/c1-14(26)16-5-3-4-6-17(16)20(23-2)28-15-7-8-19(22)18(13-15)21(27)25-11-9-24-10-12-25/h3-8,13,24H,9-12H2,1-2H3. The minimum Gasteiger partial charge on any atom is -0.439 e. The van der Waals surface area contributed by atoms with E-state index in [2.05, 4.69) is 10.3 Å². The Hall–Kier alpha value is -3.06. The first-order valence-corrected chi connectivity index (χ1v) is 9.05. The maximum Gasteiger partial charge on any atom is 0.257 e. The van der Waals surface area contributed by atoms with Crippen LogP contribution in [0.25, 0.3) is 0 Å².